The van der Waals surface area contributed by atoms with Crippen molar-refractivity contribution in [3.05, 3.63) is 28.2 Å². The molecule has 0 bridgehead atoms. The van der Waals surface area contributed by atoms with Gasteiger partial charge in [-0.2, -0.15) is 0 Å². The summed E-state index contributed by atoms with van der Waals surface area (Å²) in [7, 11) is 0. The number of aliphatic hydroxyl groups excluding tert-OH is 2. The Labute approximate surface area is 91.8 Å². The molecule has 0 radical (unpaired) electrons. The summed E-state index contributed by atoms with van der Waals surface area (Å²) >= 11 is 11.6. The van der Waals surface area contributed by atoms with Crippen LogP contribution in [-0.2, 0) is 0 Å². The maximum atomic E-state index is 9.04. The number of rotatable bonds is 4. The first kappa shape index (κ1) is 11.6. The number of hydrogen-bond acceptors (Lipinski definition) is 3. The van der Waals surface area contributed by atoms with Crippen LogP contribution in [0, 0.1) is 0 Å². The molecule has 0 aliphatic heterocycles. The molecule has 78 valence electrons. The van der Waals surface area contributed by atoms with Gasteiger partial charge in [0.1, 0.15) is 12.7 Å². The monoisotopic (exact) mass is 236 g/mol. The summed E-state index contributed by atoms with van der Waals surface area (Å²) in [5.41, 5.74) is 0. The largest absolute Gasteiger partial charge is 0.488 e. The zero-order chi connectivity index (χ0) is 10.6. The van der Waals surface area contributed by atoms with E-state index in [-0.39, 0.29) is 13.2 Å². The Bertz CT molecular complexity index is 284. The molecule has 3 nitrogen and oxygen atoms in total. The normalized spacial score (nSPS) is 12.6. The maximum absolute atomic E-state index is 9.04. The fourth-order valence-corrected chi connectivity index (χ4v) is 1.36. The first-order valence-electron chi connectivity index (χ1n) is 4.01. The summed E-state index contributed by atoms with van der Waals surface area (Å²) in [6, 6.07) is 4.96. The van der Waals surface area contributed by atoms with Crippen LogP contribution >= 0.6 is 23.2 Å². The number of para-hydroxylation sites is 1. The van der Waals surface area contributed by atoms with Crippen molar-refractivity contribution in [1.82, 2.24) is 0 Å². The second-order valence-corrected chi connectivity index (χ2v) is 3.51. The molecule has 2 N–H and O–H groups in total. The predicted octanol–water partition coefficient (Wildman–Crippen LogP) is 1.73. The Balaban J connectivity index is 2.66. The van der Waals surface area contributed by atoms with Gasteiger partial charge >= 0.3 is 0 Å². The van der Waals surface area contributed by atoms with Crippen LogP contribution in [0.15, 0.2) is 18.2 Å². The zero-order valence-corrected chi connectivity index (χ0v) is 8.79. The lowest BCUT2D eigenvalue weighted by Gasteiger charge is -2.11. The van der Waals surface area contributed by atoms with Crippen LogP contribution in [0.4, 0.5) is 0 Å². The Morgan fingerprint density at radius 1 is 1.29 bits per heavy atom. The molecule has 0 saturated carbocycles. The second kappa shape index (κ2) is 5.41. The van der Waals surface area contributed by atoms with E-state index in [9.17, 15) is 0 Å². The van der Waals surface area contributed by atoms with Gasteiger partial charge in [-0.15, -0.1) is 0 Å². The molecule has 0 aliphatic carbocycles. The highest BCUT2D eigenvalue weighted by Crippen LogP contribution is 2.32. The summed E-state index contributed by atoms with van der Waals surface area (Å²) < 4.78 is 5.15. The van der Waals surface area contributed by atoms with Crippen LogP contribution in [0.5, 0.6) is 5.75 Å². The highest BCUT2D eigenvalue weighted by molar-refractivity contribution is 6.37. The van der Waals surface area contributed by atoms with Crippen molar-refractivity contribution in [2.24, 2.45) is 0 Å². The van der Waals surface area contributed by atoms with Crippen LogP contribution in [0.2, 0.25) is 10.0 Å². The smallest absolute Gasteiger partial charge is 0.156 e. The van der Waals surface area contributed by atoms with Crippen molar-refractivity contribution in [3.8, 4) is 5.75 Å². The van der Waals surface area contributed by atoms with Gasteiger partial charge in [0, 0.05) is 0 Å². The summed E-state index contributed by atoms with van der Waals surface area (Å²) in [5, 5.41) is 18.4. The van der Waals surface area contributed by atoms with Gasteiger partial charge in [0.05, 0.1) is 16.7 Å². The Kier molecular flexibility index (Phi) is 4.48. The van der Waals surface area contributed by atoms with Crippen molar-refractivity contribution in [2.45, 2.75) is 6.10 Å². The minimum absolute atomic E-state index is 0.0417. The number of aliphatic hydroxyl groups is 2. The lowest BCUT2D eigenvalue weighted by Crippen LogP contribution is -2.21. The average Bonchev–Trinajstić information content (AvgIpc) is 2.16. The fraction of sp³-hybridized carbons (Fsp3) is 0.333. The quantitative estimate of drug-likeness (QED) is 0.838. The van der Waals surface area contributed by atoms with Gasteiger partial charge in [0.25, 0.3) is 0 Å². The molecule has 0 aromatic heterocycles. The van der Waals surface area contributed by atoms with Crippen LogP contribution in [0.3, 0.4) is 0 Å². The van der Waals surface area contributed by atoms with Gasteiger partial charge in [0.15, 0.2) is 5.75 Å². The molecular formula is C9H10Cl2O3. The molecule has 1 aromatic carbocycles. The molecule has 1 rings (SSSR count). The molecular weight excluding hydrogens is 227 g/mol. The Morgan fingerprint density at radius 2 is 1.86 bits per heavy atom. The summed E-state index contributed by atoms with van der Waals surface area (Å²) in [6.45, 7) is -0.401. The van der Waals surface area contributed by atoms with Crippen LogP contribution in [0.1, 0.15) is 0 Å². The number of hydrogen-bond donors (Lipinski definition) is 2. The molecule has 0 heterocycles. The molecule has 0 fully saturated rings. The average molecular weight is 237 g/mol. The van der Waals surface area contributed by atoms with Crippen molar-refractivity contribution in [1.29, 1.82) is 0 Å². The van der Waals surface area contributed by atoms with E-state index in [0.29, 0.717) is 15.8 Å². The maximum Gasteiger partial charge on any atom is 0.156 e. The van der Waals surface area contributed by atoms with Gasteiger partial charge in [-0.05, 0) is 12.1 Å². The third-order valence-electron chi connectivity index (χ3n) is 1.55. The van der Waals surface area contributed by atoms with Crippen molar-refractivity contribution >= 4 is 23.2 Å². The molecule has 0 aliphatic rings. The molecule has 0 amide bonds. The Hall–Kier alpha value is -0.480. The fourth-order valence-electron chi connectivity index (χ4n) is 0.853. The minimum Gasteiger partial charge on any atom is -0.488 e. The van der Waals surface area contributed by atoms with Gasteiger partial charge in [-0.1, -0.05) is 29.3 Å². The molecule has 14 heavy (non-hydrogen) atoms. The molecule has 1 aromatic rings. The second-order valence-electron chi connectivity index (χ2n) is 2.70. The summed E-state index contributed by atoms with van der Waals surface area (Å²) in [6.07, 6.45) is -0.928. The van der Waals surface area contributed by atoms with Crippen molar-refractivity contribution in [2.75, 3.05) is 13.2 Å². The van der Waals surface area contributed by atoms with Gasteiger partial charge in [-0.3, -0.25) is 0 Å². The van der Waals surface area contributed by atoms with Crippen LogP contribution in [0.25, 0.3) is 0 Å². The van der Waals surface area contributed by atoms with E-state index in [1.807, 2.05) is 0 Å². The van der Waals surface area contributed by atoms with Gasteiger partial charge < -0.3 is 14.9 Å². The number of benzene rings is 1. The van der Waals surface area contributed by atoms with Crippen molar-refractivity contribution < 1.29 is 14.9 Å². The van der Waals surface area contributed by atoms with Crippen molar-refractivity contribution in [3.63, 3.8) is 0 Å². The topological polar surface area (TPSA) is 49.7 Å². The molecule has 1 atom stereocenters. The lowest BCUT2D eigenvalue weighted by molar-refractivity contribution is 0.0537. The summed E-state index contributed by atoms with van der Waals surface area (Å²) in [5.74, 6) is 0.323. The Morgan fingerprint density at radius 3 is 2.36 bits per heavy atom. The third-order valence-corrected chi connectivity index (χ3v) is 2.15. The van der Waals surface area contributed by atoms with Gasteiger partial charge in [-0.25, -0.2) is 0 Å². The third kappa shape index (κ3) is 3.03. The van der Waals surface area contributed by atoms with E-state index in [1.54, 1.807) is 18.2 Å². The first-order valence-corrected chi connectivity index (χ1v) is 4.76. The number of ether oxygens (including phenoxy) is 1. The molecule has 0 spiro atoms. The number of halogens is 2. The van der Waals surface area contributed by atoms with E-state index >= 15 is 0 Å². The first-order chi connectivity index (χ1) is 6.65. The zero-order valence-electron chi connectivity index (χ0n) is 7.28. The van der Waals surface area contributed by atoms with Gasteiger partial charge in [0.2, 0.25) is 0 Å². The minimum atomic E-state index is -0.928. The SMILES string of the molecule is OCC(O)COc1c(Cl)cccc1Cl. The van der Waals surface area contributed by atoms with E-state index < -0.39 is 6.10 Å². The lowest BCUT2D eigenvalue weighted by atomic mass is 10.3. The standard InChI is InChI=1S/C9H10Cl2O3/c10-7-2-1-3-8(11)9(7)14-5-6(13)4-12/h1-3,6,12-13H,4-5H2. The molecule has 5 heteroatoms. The molecule has 1 unspecified atom stereocenters. The predicted molar refractivity (Wildman–Crippen MR) is 55.0 cm³/mol. The molecule has 0 saturated heterocycles. The highest BCUT2D eigenvalue weighted by atomic mass is 35.5. The highest BCUT2D eigenvalue weighted by Gasteiger charge is 2.09. The summed E-state index contributed by atoms with van der Waals surface area (Å²) in [4.78, 5) is 0. The van der Waals surface area contributed by atoms with Crippen LogP contribution in [-0.4, -0.2) is 29.5 Å². The van der Waals surface area contributed by atoms with E-state index in [4.69, 9.17) is 38.2 Å². The van der Waals surface area contributed by atoms with E-state index in [2.05, 4.69) is 0 Å². The van der Waals surface area contributed by atoms with Crippen LogP contribution < -0.4 is 4.74 Å². The van der Waals surface area contributed by atoms with E-state index in [1.165, 1.54) is 0 Å². The van der Waals surface area contributed by atoms with E-state index in [0.717, 1.165) is 0 Å².